The van der Waals surface area contributed by atoms with Crippen LogP contribution >= 0.6 is 11.3 Å². The van der Waals surface area contributed by atoms with E-state index in [2.05, 4.69) is 45.5 Å². The Labute approximate surface area is 107 Å². The highest BCUT2D eigenvalue weighted by atomic mass is 32.1. The van der Waals surface area contributed by atoms with Crippen LogP contribution in [0.1, 0.15) is 29.7 Å². The van der Waals surface area contributed by atoms with Crippen LogP contribution in [-0.2, 0) is 19.6 Å². The molecule has 0 radical (unpaired) electrons. The molecule has 0 aromatic carbocycles. The zero-order valence-corrected chi connectivity index (χ0v) is 11.3. The number of thiazole rings is 1. The minimum absolute atomic E-state index is 0.857. The monoisotopic (exact) mass is 249 g/mol. The lowest BCUT2D eigenvalue weighted by Gasteiger charge is -2.08. The van der Waals surface area contributed by atoms with Crippen LogP contribution in [0.4, 0.5) is 0 Å². The fourth-order valence-corrected chi connectivity index (χ4v) is 2.59. The molecule has 0 atom stereocenters. The van der Waals surface area contributed by atoms with Crippen LogP contribution in [0, 0.1) is 6.92 Å². The van der Waals surface area contributed by atoms with Gasteiger partial charge in [-0.2, -0.15) is 0 Å². The zero-order valence-electron chi connectivity index (χ0n) is 10.4. The molecule has 0 saturated carbocycles. The molecule has 0 unspecified atom stereocenters. The van der Waals surface area contributed by atoms with Gasteiger partial charge in [-0.15, -0.1) is 11.3 Å². The van der Waals surface area contributed by atoms with Gasteiger partial charge in [0, 0.05) is 42.6 Å². The Morgan fingerprint density at radius 3 is 3.00 bits per heavy atom. The van der Waals surface area contributed by atoms with Gasteiger partial charge in [0.1, 0.15) is 5.01 Å². The lowest BCUT2D eigenvalue weighted by atomic mass is 10.4. The number of aryl methyl sites for hydroxylation is 2. The number of hydrogen-bond donors (Lipinski definition) is 1. The first kappa shape index (κ1) is 12.3. The molecule has 2 aromatic heterocycles. The predicted octanol–water partition coefficient (Wildman–Crippen LogP) is 2.95. The van der Waals surface area contributed by atoms with Crippen molar-refractivity contribution in [2.75, 3.05) is 0 Å². The molecule has 1 N–H and O–H groups in total. The molecule has 0 aliphatic heterocycles. The molecular weight excluding hydrogens is 230 g/mol. The van der Waals surface area contributed by atoms with Crippen molar-refractivity contribution in [3.05, 3.63) is 40.1 Å². The van der Waals surface area contributed by atoms with E-state index in [0.717, 1.165) is 30.3 Å². The smallest absolute Gasteiger partial charge is 0.107 e. The van der Waals surface area contributed by atoms with Gasteiger partial charge in [-0.05, 0) is 25.5 Å². The van der Waals surface area contributed by atoms with Crippen molar-refractivity contribution in [3.63, 3.8) is 0 Å². The number of aromatic nitrogens is 2. The molecule has 0 bridgehead atoms. The summed E-state index contributed by atoms with van der Waals surface area (Å²) in [5.41, 5.74) is 2.46. The number of hydrogen-bond acceptors (Lipinski definition) is 3. The van der Waals surface area contributed by atoms with E-state index in [1.54, 1.807) is 11.3 Å². The second-order valence-electron chi connectivity index (χ2n) is 4.18. The summed E-state index contributed by atoms with van der Waals surface area (Å²) >= 11 is 1.72. The standard InChI is InChI=1S/C13H19N3S/c1-3-6-16-7-4-5-12(16)8-14-9-13-15-11(2)10-17-13/h4-5,7,10,14H,3,6,8-9H2,1-2H3. The summed E-state index contributed by atoms with van der Waals surface area (Å²) in [6.45, 7) is 7.10. The van der Waals surface area contributed by atoms with Crippen molar-refractivity contribution >= 4 is 11.3 Å². The Balaban J connectivity index is 1.83. The van der Waals surface area contributed by atoms with E-state index < -0.39 is 0 Å². The van der Waals surface area contributed by atoms with Gasteiger partial charge in [0.25, 0.3) is 0 Å². The van der Waals surface area contributed by atoms with Gasteiger partial charge >= 0.3 is 0 Å². The summed E-state index contributed by atoms with van der Waals surface area (Å²) in [7, 11) is 0. The van der Waals surface area contributed by atoms with Crippen LogP contribution in [0.25, 0.3) is 0 Å². The summed E-state index contributed by atoms with van der Waals surface area (Å²) in [5, 5.41) is 6.70. The molecule has 0 saturated heterocycles. The predicted molar refractivity (Wildman–Crippen MR) is 72.1 cm³/mol. The Morgan fingerprint density at radius 1 is 1.41 bits per heavy atom. The Kier molecular flexibility index (Phi) is 4.34. The first-order valence-corrected chi connectivity index (χ1v) is 6.93. The summed E-state index contributed by atoms with van der Waals surface area (Å²) in [6.07, 6.45) is 3.32. The topological polar surface area (TPSA) is 29.9 Å². The molecule has 0 fully saturated rings. The van der Waals surface area contributed by atoms with Gasteiger partial charge in [-0.25, -0.2) is 4.98 Å². The van der Waals surface area contributed by atoms with Gasteiger partial charge in [0.15, 0.2) is 0 Å². The first-order chi connectivity index (χ1) is 8.29. The highest BCUT2D eigenvalue weighted by Crippen LogP contribution is 2.09. The lowest BCUT2D eigenvalue weighted by Crippen LogP contribution is -2.15. The van der Waals surface area contributed by atoms with Crippen LogP contribution in [-0.4, -0.2) is 9.55 Å². The van der Waals surface area contributed by atoms with E-state index >= 15 is 0 Å². The third kappa shape index (κ3) is 3.41. The number of nitrogens with zero attached hydrogens (tertiary/aromatic N) is 2. The van der Waals surface area contributed by atoms with E-state index in [-0.39, 0.29) is 0 Å². The quantitative estimate of drug-likeness (QED) is 0.853. The Bertz CT molecular complexity index is 459. The Hall–Kier alpha value is -1.13. The minimum Gasteiger partial charge on any atom is -0.350 e. The molecule has 2 rings (SSSR count). The van der Waals surface area contributed by atoms with Crippen molar-refractivity contribution in [3.8, 4) is 0 Å². The summed E-state index contributed by atoms with van der Waals surface area (Å²) in [5.74, 6) is 0. The lowest BCUT2D eigenvalue weighted by molar-refractivity contribution is 0.601. The van der Waals surface area contributed by atoms with Gasteiger partial charge in [-0.1, -0.05) is 6.92 Å². The summed E-state index contributed by atoms with van der Waals surface area (Å²) in [6, 6.07) is 4.29. The van der Waals surface area contributed by atoms with Gasteiger partial charge in [0.2, 0.25) is 0 Å². The fourth-order valence-electron chi connectivity index (χ4n) is 1.85. The zero-order chi connectivity index (χ0) is 12.1. The molecule has 0 aliphatic rings. The molecule has 92 valence electrons. The van der Waals surface area contributed by atoms with Crippen LogP contribution in [0.2, 0.25) is 0 Å². The summed E-state index contributed by atoms with van der Waals surface area (Å²) < 4.78 is 2.31. The van der Waals surface area contributed by atoms with Crippen molar-refractivity contribution < 1.29 is 0 Å². The largest absolute Gasteiger partial charge is 0.350 e. The maximum Gasteiger partial charge on any atom is 0.107 e. The first-order valence-electron chi connectivity index (χ1n) is 6.05. The van der Waals surface area contributed by atoms with Crippen molar-refractivity contribution in [1.29, 1.82) is 0 Å². The molecular formula is C13H19N3S. The van der Waals surface area contributed by atoms with Crippen molar-refractivity contribution in [1.82, 2.24) is 14.9 Å². The normalized spacial score (nSPS) is 10.9. The molecule has 2 aromatic rings. The molecule has 0 amide bonds. The van der Waals surface area contributed by atoms with E-state index in [1.165, 1.54) is 12.1 Å². The van der Waals surface area contributed by atoms with E-state index in [4.69, 9.17) is 0 Å². The number of nitrogens with one attached hydrogen (secondary N) is 1. The minimum atomic E-state index is 0.857. The van der Waals surface area contributed by atoms with Crippen LogP contribution in [0.15, 0.2) is 23.7 Å². The van der Waals surface area contributed by atoms with Crippen molar-refractivity contribution in [2.45, 2.75) is 39.9 Å². The second-order valence-corrected chi connectivity index (χ2v) is 5.12. The Morgan fingerprint density at radius 2 is 2.29 bits per heavy atom. The SMILES string of the molecule is CCCn1cccc1CNCc1nc(C)cs1. The number of rotatable bonds is 6. The van der Waals surface area contributed by atoms with Crippen molar-refractivity contribution in [2.24, 2.45) is 0 Å². The average molecular weight is 249 g/mol. The van der Waals surface area contributed by atoms with Crippen LogP contribution in [0.5, 0.6) is 0 Å². The van der Waals surface area contributed by atoms with Gasteiger partial charge < -0.3 is 9.88 Å². The molecule has 4 heteroatoms. The van der Waals surface area contributed by atoms with Gasteiger partial charge in [-0.3, -0.25) is 0 Å². The van der Waals surface area contributed by atoms with E-state index in [9.17, 15) is 0 Å². The molecule has 17 heavy (non-hydrogen) atoms. The maximum atomic E-state index is 4.44. The van der Waals surface area contributed by atoms with Gasteiger partial charge in [0.05, 0.1) is 0 Å². The maximum absolute atomic E-state index is 4.44. The molecule has 3 nitrogen and oxygen atoms in total. The molecule has 0 spiro atoms. The summed E-state index contributed by atoms with van der Waals surface area (Å²) in [4.78, 5) is 4.44. The second kappa shape index (κ2) is 5.98. The van der Waals surface area contributed by atoms with E-state index in [0.29, 0.717) is 0 Å². The highest BCUT2D eigenvalue weighted by molar-refractivity contribution is 7.09. The highest BCUT2D eigenvalue weighted by Gasteiger charge is 2.01. The average Bonchev–Trinajstić information content (AvgIpc) is 2.90. The molecule has 2 heterocycles. The fraction of sp³-hybridized carbons (Fsp3) is 0.462. The van der Waals surface area contributed by atoms with Crippen LogP contribution < -0.4 is 5.32 Å². The van der Waals surface area contributed by atoms with Crippen LogP contribution in [0.3, 0.4) is 0 Å². The third-order valence-corrected chi connectivity index (χ3v) is 3.60. The molecule has 0 aliphatic carbocycles. The third-order valence-electron chi connectivity index (χ3n) is 2.64. The van der Waals surface area contributed by atoms with E-state index in [1.807, 2.05) is 6.92 Å².